The molecule has 0 bridgehead atoms. The van der Waals surface area contributed by atoms with Crippen molar-refractivity contribution >= 4 is 0 Å². The van der Waals surface area contributed by atoms with Gasteiger partial charge in [-0.25, -0.2) is 0 Å². The summed E-state index contributed by atoms with van der Waals surface area (Å²) in [5, 5.41) is 0. The fraction of sp³-hybridized carbons (Fsp3) is 0.667. The van der Waals surface area contributed by atoms with Gasteiger partial charge in [0, 0.05) is 12.1 Å². The van der Waals surface area contributed by atoms with Gasteiger partial charge in [-0.3, -0.25) is 0 Å². The third-order valence-corrected chi connectivity index (χ3v) is 1.46. The quantitative estimate of drug-likeness (QED) is 0.425. The molecule has 1 saturated carbocycles. The van der Waals surface area contributed by atoms with E-state index in [0.717, 1.165) is 12.6 Å². The van der Waals surface area contributed by atoms with Crippen LogP contribution in [0.5, 0.6) is 0 Å². The summed E-state index contributed by atoms with van der Waals surface area (Å²) in [4.78, 5) is 2.22. The molecule has 1 aliphatic heterocycles. The molecule has 2 rings (SSSR count). The Bertz CT molecular complexity index is 136. The van der Waals surface area contributed by atoms with Crippen LogP contribution in [0.4, 0.5) is 0 Å². The molecule has 0 atom stereocenters. The van der Waals surface area contributed by atoms with Crippen LogP contribution >= 0.6 is 0 Å². The summed E-state index contributed by atoms with van der Waals surface area (Å²) in [6, 6.07) is 3.85. The highest BCUT2D eigenvalue weighted by Gasteiger charge is 2.28. The van der Waals surface area contributed by atoms with Crippen LogP contribution in [0.3, 0.4) is 0 Å². The van der Waals surface area contributed by atoms with E-state index in [1.165, 1.54) is 12.8 Å². The molecule has 0 aromatic rings. The van der Waals surface area contributed by atoms with Crippen molar-refractivity contribution in [1.82, 2.24) is 4.90 Å². The molecule has 1 heterocycles. The lowest BCUT2D eigenvalue weighted by Gasteiger charge is -2.18. The van der Waals surface area contributed by atoms with Gasteiger partial charge in [-0.15, -0.1) is 0 Å². The molecule has 2 aliphatic rings. The standard InChI is InChI=1S/C6H7N/c1-4-7(5-1)6-2-3-6/h6H,2-4H2. The van der Waals surface area contributed by atoms with Gasteiger partial charge in [-0.05, 0) is 12.8 Å². The lowest BCUT2D eigenvalue weighted by molar-refractivity contribution is 0.410. The molecule has 0 aromatic heterocycles. The van der Waals surface area contributed by atoms with E-state index in [1.807, 2.05) is 0 Å². The topological polar surface area (TPSA) is 3.24 Å². The SMILES string of the molecule is C1#CN(C2CC2)C1. The smallest absolute Gasteiger partial charge is 0.0891 e. The first-order valence-corrected chi connectivity index (χ1v) is 2.72. The van der Waals surface area contributed by atoms with Crippen LogP contribution < -0.4 is 0 Å². The number of hydrogen-bond acceptors (Lipinski definition) is 1. The Balaban J connectivity index is 2.01. The maximum Gasteiger partial charge on any atom is 0.0891 e. The summed E-state index contributed by atoms with van der Waals surface area (Å²) < 4.78 is 0. The molecule has 0 radical (unpaired) electrons. The summed E-state index contributed by atoms with van der Waals surface area (Å²) in [6.45, 7) is 1.03. The molecule has 0 N–H and O–H groups in total. The molecule has 7 heavy (non-hydrogen) atoms. The first-order chi connectivity index (χ1) is 3.47. The van der Waals surface area contributed by atoms with Crippen molar-refractivity contribution in [2.75, 3.05) is 6.54 Å². The summed E-state index contributed by atoms with van der Waals surface area (Å²) in [7, 11) is 0. The minimum atomic E-state index is 0.862. The summed E-state index contributed by atoms with van der Waals surface area (Å²) in [6.07, 6.45) is 2.77. The van der Waals surface area contributed by atoms with Crippen LogP contribution in [0.2, 0.25) is 0 Å². The zero-order valence-corrected chi connectivity index (χ0v) is 4.15. The third-order valence-electron chi connectivity index (χ3n) is 1.46. The van der Waals surface area contributed by atoms with Crippen LogP contribution in [-0.2, 0) is 0 Å². The average molecular weight is 93.1 g/mol. The molecule has 36 valence electrons. The van der Waals surface area contributed by atoms with Crippen LogP contribution in [-0.4, -0.2) is 17.5 Å². The number of nitrogens with zero attached hydrogens (tertiary/aromatic N) is 1. The Kier molecular flexibility index (Phi) is 0.457. The molecule has 0 amide bonds. The lowest BCUT2D eigenvalue weighted by atomic mass is 10.4. The largest absolute Gasteiger partial charge is 0.317 e. The van der Waals surface area contributed by atoms with Crippen LogP contribution in [0, 0.1) is 12.0 Å². The molecule has 1 aliphatic carbocycles. The van der Waals surface area contributed by atoms with Crippen LogP contribution in [0.25, 0.3) is 0 Å². The second-order valence-electron chi connectivity index (χ2n) is 2.15. The molecule has 0 aromatic carbocycles. The Morgan fingerprint density at radius 3 is 2.29 bits per heavy atom. The predicted octanol–water partition coefficient (Wildman–Crippen LogP) is 0.425. The molecule has 0 unspecified atom stereocenters. The van der Waals surface area contributed by atoms with E-state index >= 15 is 0 Å². The maximum atomic E-state index is 2.99. The molecule has 0 saturated heterocycles. The Labute approximate surface area is 43.3 Å². The van der Waals surface area contributed by atoms with Gasteiger partial charge in [-0.2, -0.15) is 0 Å². The molecule has 1 nitrogen and oxygen atoms in total. The summed E-state index contributed by atoms with van der Waals surface area (Å²) in [5.74, 6) is 2.96. The minimum Gasteiger partial charge on any atom is -0.317 e. The van der Waals surface area contributed by atoms with Gasteiger partial charge in [0.2, 0.25) is 0 Å². The monoisotopic (exact) mass is 93.1 g/mol. The Hall–Kier alpha value is -0.640. The third kappa shape index (κ3) is 0.396. The highest BCUT2D eigenvalue weighted by molar-refractivity contribution is 5.16. The van der Waals surface area contributed by atoms with Crippen LogP contribution in [0.15, 0.2) is 0 Å². The Morgan fingerprint density at radius 2 is 2.14 bits per heavy atom. The van der Waals surface area contributed by atoms with Gasteiger partial charge in [-0.1, -0.05) is 5.92 Å². The van der Waals surface area contributed by atoms with Crippen molar-refractivity contribution in [3.63, 3.8) is 0 Å². The summed E-state index contributed by atoms with van der Waals surface area (Å²) in [5.41, 5.74) is 0. The fourth-order valence-electron chi connectivity index (χ4n) is 0.777. The molecular formula is C6H7N. The normalized spacial score (nSPS) is 25.4. The molecule has 1 fully saturated rings. The molecule has 1 heteroatoms. The van der Waals surface area contributed by atoms with Gasteiger partial charge in [0.1, 0.15) is 0 Å². The van der Waals surface area contributed by atoms with E-state index in [1.54, 1.807) is 0 Å². The van der Waals surface area contributed by atoms with E-state index < -0.39 is 0 Å². The molecule has 0 spiro atoms. The van der Waals surface area contributed by atoms with Gasteiger partial charge in [0.25, 0.3) is 0 Å². The highest BCUT2D eigenvalue weighted by Crippen LogP contribution is 2.26. The maximum absolute atomic E-state index is 2.99. The lowest BCUT2D eigenvalue weighted by Crippen LogP contribution is -2.26. The van der Waals surface area contributed by atoms with Gasteiger partial charge < -0.3 is 4.90 Å². The number of rotatable bonds is 1. The predicted molar refractivity (Wildman–Crippen MR) is 27.5 cm³/mol. The van der Waals surface area contributed by atoms with Crippen molar-refractivity contribution in [2.24, 2.45) is 0 Å². The second kappa shape index (κ2) is 0.949. The fourth-order valence-corrected chi connectivity index (χ4v) is 0.777. The first-order valence-electron chi connectivity index (χ1n) is 2.72. The van der Waals surface area contributed by atoms with Gasteiger partial charge in [0.05, 0.1) is 6.54 Å². The van der Waals surface area contributed by atoms with Crippen molar-refractivity contribution in [1.29, 1.82) is 0 Å². The van der Waals surface area contributed by atoms with Gasteiger partial charge >= 0.3 is 0 Å². The van der Waals surface area contributed by atoms with Crippen molar-refractivity contribution in [2.45, 2.75) is 18.9 Å². The van der Waals surface area contributed by atoms with E-state index in [4.69, 9.17) is 0 Å². The zero-order valence-electron chi connectivity index (χ0n) is 4.15. The van der Waals surface area contributed by atoms with Gasteiger partial charge in [0.15, 0.2) is 0 Å². The number of hydrogen-bond donors (Lipinski definition) is 0. The van der Waals surface area contributed by atoms with Crippen molar-refractivity contribution in [3.8, 4) is 12.0 Å². The second-order valence-corrected chi connectivity index (χ2v) is 2.15. The van der Waals surface area contributed by atoms with Crippen molar-refractivity contribution < 1.29 is 0 Å². The Morgan fingerprint density at radius 1 is 1.43 bits per heavy atom. The van der Waals surface area contributed by atoms with E-state index in [2.05, 4.69) is 16.9 Å². The van der Waals surface area contributed by atoms with Crippen LogP contribution in [0.1, 0.15) is 12.8 Å². The van der Waals surface area contributed by atoms with E-state index in [0.29, 0.717) is 0 Å². The minimum absolute atomic E-state index is 0.862. The zero-order chi connectivity index (χ0) is 4.69. The average Bonchev–Trinajstić information content (AvgIpc) is 2.10. The van der Waals surface area contributed by atoms with E-state index in [-0.39, 0.29) is 0 Å². The molecular weight excluding hydrogens is 86.1 g/mol. The first kappa shape index (κ1) is 3.37. The highest BCUT2D eigenvalue weighted by atomic mass is 15.2. The van der Waals surface area contributed by atoms with E-state index in [9.17, 15) is 0 Å². The summed E-state index contributed by atoms with van der Waals surface area (Å²) >= 11 is 0. The van der Waals surface area contributed by atoms with Crippen molar-refractivity contribution in [3.05, 3.63) is 0 Å².